The number of hydrogen-bond acceptors (Lipinski definition) is 2. The highest BCUT2D eigenvalue weighted by Gasteiger charge is 2.23. The Labute approximate surface area is 122 Å². The van der Waals surface area contributed by atoms with Gasteiger partial charge in [-0.15, -0.1) is 0 Å². The Hall–Kier alpha value is -1.51. The monoisotopic (exact) mass is 274 g/mol. The topological polar surface area (TPSA) is 41.1 Å². The second-order valence-electron chi connectivity index (χ2n) is 6.15. The highest BCUT2D eigenvalue weighted by Crippen LogP contribution is 2.28. The number of para-hydroxylation sites is 1. The standard InChI is InChI=1S/C17H26N2O/c1-12(2)18-16-11-7-6-10-15(16)17(20)19-13(3)14-8-4-5-9-14/h6-7,10-14,18H,4-5,8-9H2,1-3H3,(H,19,20)/t13-/m0/s1. The van der Waals surface area contributed by atoms with E-state index in [0.717, 1.165) is 11.3 Å². The lowest BCUT2D eigenvalue weighted by Gasteiger charge is -2.21. The lowest BCUT2D eigenvalue weighted by molar-refractivity contribution is 0.0928. The van der Waals surface area contributed by atoms with Crippen LogP contribution in [0, 0.1) is 5.92 Å². The Kier molecular flexibility index (Phi) is 5.05. The Balaban J connectivity index is 2.04. The van der Waals surface area contributed by atoms with E-state index in [9.17, 15) is 4.79 Å². The number of carbonyl (C=O) groups is 1. The number of carbonyl (C=O) groups excluding carboxylic acids is 1. The van der Waals surface area contributed by atoms with E-state index in [2.05, 4.69) is 31.4 Å². The number of benzene rings is 1. The number of nitrogens with one attached hydrogen (secondary N) is 2. The van der Waals surface area contributed by atoms with Crippen LogP contribution in [-0.2, 0) is 0 Å². The predicted molar refractivity (Wildman–Crippen MR) is 84.1 cm³/mol. The van der Waals surface area contributed by atoms with Crippen molar-refractivity contribution in [2.24, 2.45) is 5.92 Å². The second-order valence-corrected chi connectivity index (χ2v) is 6.15. The first-order valence-corrected chi connectivity index (χ1v) is 7.74. The summed E-state index contributed by atoms with van der Waals surface area (Å²) in [4.78, 5) is 12.5. The van der Waals surface area contributed by atoms with E-state index in [1.165, 1.54) is 25.7 Å². The van der Waals surface area contributed by atoms with E-state index in [-0.39, 0.29) is 11.9 Å². The third kappa shape index (κ3) is 3.75. The van der Waals surface area contributed by atoms with Crippen LogP contribution < -0.4 is 10.6 Å². The lowest BCUT2D eigenvalue weighted by atomic mass is 9.99. The van der Waals surface area contributed by atoms with Crippen LogP contribution >= 0.6 is 0 Å². The minimum absolute atomic E-state index is 0.0353. The van der Waals surface area contributed by atoms with Gasteiger partial charge in [-0.2, -0.15) is 0 Å². The molecular weight excluding hydrogens is 248 g/mol. The van der Waals surface area contributed by atoms with Crippen LogP contribution in [0.2, 0.25) is 0 Å². The summed E-state index contributed by atoms with van der Waals surface area (Å²) in [5.74, 6) is 0.678. The molecule has 3 heteroatoms. The average Bonchev–Trinajstić information content (AvgIpc) is 2.92. The van der Waals surface area contributed by atoms with Crippen LogP contribution in [0.3, 0.4) is 0 Å². The highest BCUT2D eigenvalue weighted by atomic mass is 16.1. The fourth-order valence-electron chi connectivity index (χ4n) is 2.98. The van der Waals surface area contributed by atoms with Gasteiger partial charge in [-0.25, -0.2) is 0 Å². The first-order valence-electron chi connectivity index (χ1n) is 7.74. The molecular formula is C17H26N2O. The van der Waals surface area contributed by atoms with Crippen molar-refractivity contribution in [2.75, 3.05) is 5.32 Å². The Morgan fingerprint density at radius 3 is 2.45 bits per heavy atom. The fraction of sp³-hybridized carbons (Fsp3) is 0.588. The summed E-state index contributed by atoms with van der Waals surface area (Å²) in [6.07, 6.45) is 5.09. The molecule has 1 fully saturated rings. The van der Waals surface area contributed by atoms with E-state index in [1.54, 1.807) is 0 Å². The van der Waals surface area contributed by atoms with Crippen molar-refractivity contribution in [2.45, 2.75) is 58.5 Å². The second kappa shape index (κ2) is 6.78. The van der Waals surface area contributed by atoms with Crippen LogP contribution in [0.4, 0.5) is 5.69 Å². The summed E-state index contributed by atoms with van der Waals surface area (Å²) < 4.78 is 0. The normalized spacial score (nSPS) is 17.2. The van der Waals surface area contributed by atoms with Gasteiger partial charge in [0.15, 0.2) is 0 Å². The van der Waals surface area contributed by atoms with Gasteiger partial charge >= 0.3 is 0 Å². The molecule has 2 rings (SSSR count). The highest BCUT2D eigenvalue weighted by molar-refractivity contribution is 5.99. The van der Waals surface area contributed by atoms with Crippen LogP contribution in [0.25, 0.3) is 0 Å². The van der Waals surface area contributed by atoms with Crippen molar-refractivity contribution < 1.29 is 4.79 Å². The smallest absolute Gasteiger partial charge is 0.253 e. The zero-order valence-electron chi connectivity index (χ0n) is 12.8. The van der Waals surface area contributed by atoms with Gasteiger partial charge in [0.1, 0.15) is 0 Å². The van der Waals surface area contributed by atoms with E-state index < -0.39 is 0 Å². The molecule has 1 amide bonds. The van der Waals surface area contributed by atoms with E-state index in [0.29, 0.717) is 12.0 Å². The van der Waals surface area contributed by atoms with Gasteiger partial charge in [-0.05, 0) is 51.7 Å². The molecule has 0 unspecified atom stereocenters. The SMILES string of the molecule is CC(C)Nc1ccccc1C(=O)N[C@@H](C)C1CCCC1. The van der Waals surface area contributed by atoms with Crippen LogP contribution in [0.5, 0.6) is 0 Å². The maximum absolute atomic E-state index is 12.5. The molecule has 2 N–H and O–H groups in total. The molecule has 0 heterocycles. The summed E-state index contributed by atoms with van der Waals surface area (Å²) >= 11 is 0. The van der Waals surface area contributed by atoms with Gasteiger partial charge in [0, 0.05) is 17.8 Å². The molecule has 20 heavy (non-hydrogen) atoms. The average molecular weight is 274 g/mol. The molecule has 1 aliphatic carbocycles. The molecule has 1 aromatic rings. The van der Waals surface area contributed by atoms with Crippen LogP contribution in [0.1, 0.15) is 56.8 Å². The number of rotatable bonds is 5. The predicted octanol–water partition coefficient (Wildman–Crippen LogP) is 3.82. The minimum Gasteiger partial charge on any atom is -0.382 e. The van der Waals surface area contributed by atoms with Crippen molar-refractivity contribution in [1.29, 1.82) is 0 Å². The lowest BCUT2D eigenvalue weighted by Crippen LogP contribution is -2.37. The summed E-state index contributed by atoms with van der Waals surface area (Å²) in [7, 11) is 0. The molecule has 3 nitrogen and oxygen atoms in total. The van der Waals surface area contributed by atoms with Gasteiger partial charge < -0.3 is 10.6 Å². The van der Waals surface area contributed by atoms with Crippen molar-refractivity contribution in [3.63, 3.8) is 0 Å². The van der Waals surface area contributed by atoms with E-state index in [4.69, 9.17) is 0 Å². The van der Waals surface area contributed by atoms with Crippen molar-refractivity contribution in [3.05, 3.63) is 29.8 Å². The third-order valence-electron chi connectivity index (χ3n) is 4.08. The van der Waals surface area contributed by atoms with Gasteiger partial charge in [-0.1, -0.05) is 25.0 Å². The van der Waals surface area contributed by atoms with Gasteiger partial charge in [0.05, 0.1) is 5.56 Å². The molecule has 0 spiro atoms. The molecule has 1 aliphatic rings. The van der Waals surface area contributed by atoms with Crippen molar-refractivity contribution in [3.8, 4) is 0 Å². The summed E-state index contributed by atoms with van der Waals surface area (Å²) in [5, 5.41) is 6.51. The minimum atomic E-state index is 0.0353. The molecule has 0 bridgehead atoms. The molecule has 0 radical (unpaired) electrons. The maximum Gasteiger partial charge on any atom is 0.253 e. The van der Waals surface area contributed by atoms with Gasteiger partial charge in [-0.3, -0.25) is 4.79 Å². The van der Waals surface area contributed by atoms with Crippen LogP contribution in [-0.4, -0.2) is 18.0 Å². The zero-order chi connectivity index (χ0) is 14.5. The number of hydrogen-bond donors (Lipinski definition) is 2. The number of amides is 1. The maximum atomic E-state index is 12.5. The molecule has 110 valence electrons. The molecule has 0 aromatic heterocycles. The number of anilines is 1. The quantitative estimate of drug-likeness (QED) is 0.857. The first kappa shape index (κ1) is 14.9. The molecule has 0 saturated heterocycles. The first-order chi connectivity index (χ1) is 9.58. The fourth-order valence-corrected chi connectivity index (χ4v) is 2.98. The third-order valence-corrected chi connectivity index (χ3v) is 4.08. The van der Waals surface area contributed by atoms with Crippen LogP contribution in [0.15, 0.2) is 24.3 Å². The van der Waals surface area contributed by atoms with E-state index in [1.807, 2.05) is 24.3 Å². The Morgan fingerprint density at radius 1 is 1.15 bits per heavy atom. The zero-order valence-corrected chi connectivity index (χ0v) is 12.8. The molecule has 1 atom stereocenters. The Bertz CT molecular complexity index is 450. The van der Waals surface area contributed by atoms with Crippen molar-refractivity contribution in [1.82, 2.24) is 5.32 Å². The molecule has 0 aliphatic heterocycles. The van der Waals surface area contributed by atoms with Gasteiger partial charge in [0.2, 0.25) is 0 Å². The molecule has 1 aromatic carbocycles. The summed E-state index contributed by atoms with van der Waals surface area (Å²) in [6, 6.07) is 8.31. The Morgan fingerprint density at radius 2 is 1.80 bits per heavy atom. The van der Waals surface area contributed by atoms with E-state index >= 15 is 0 Å². The molecule has 1 saturated carbocycles. The summed E-state index contributed by atoms with van der Waals surface area (Å²) in [5.41, 5.74) is 1.66. The largest absolute Gasteiger partial charge is 0.382 e. The van der Waals surface area contributed by atoms with Crippen molar-refractivity contribution >= 4 is 11.6 Å². The summed E-state index contributed by atoms with van der Waals surface area (Å²) in [6.45, 7) is 6.29. The van der Waals surface area contributed by atoms with Gasteiger partial charge in [0.25, 0.3) is 5.91 Å².